The molecule has 0 saturated carbocycles. The molecule has 0 amide bonds. The summed E-state index contributed by atoms with van der Waals surface area (Å²) in [6, 6.07) is 10.9. The van der Waals surface area contributed by atoms with Crippen LogP contribution in [0.2, 0.25) is 0 Å². The Balaban J connectivity index is 2.06. The van der Waals surface area contributed by atoms with Crippen LogP contribution in [0.1, 0.15) is 5.56 Å². The molecule has 1 heterocycles. The fourth-order valence-electron chi connectivity index (χ4n) is 2.22. The standard InChI is InChI=1S/C15H12F2N2/c16-11-4-5-14(18)10(8-11)9-19-7-6-12-13(17)2-1-3-15(12)19/h1-8H,9,18H2. The number of fused-ring (bicyclic) bond motifs is 1. The van der Waals surface area contributed by atoms with Gasteiger partial charge in [-0.1, -0.05) is 6.07 Å². The second-order valence-corrected chi connectivity index (χ2v) is 4.46. The van der Waals surface area contributed by atoms with Crippen LogP contribution in [-0.4, -0.2) is 4.57 Å². The van der Waals surface area contributed by atoms with Gasteiger partial charge in [-0.05, 0) is 42.0 Å². The van der Waals surface area contributed by atoms with Gasteiger partial charge >= 0.3 is 0 Å². The van der Waals surface area contributed by atoms with Crippen LogP contribution in [0.3, 0.4) is 0 Å². The summed E-state index contributed by atoms with van der Waals surface area (Å²) in [7, 11) is 0. The van der Waals surface area contributed by atoms with E-state index < -0.39 is 0 Å². The molecule has 19 heavy (non-hydrogen) atoms. The first-order valence-corrected chi connectivity index (χ1v) is 5.92. The average molecular weight is 258 g/mol. The summed E-state index contributed by atoms with van der Waals surface area (Å²) in [5, 5.41) is 0.553. The van der Waals surface area contributed by atoms with E-state index in [2.05, 4.69) is 0 Å². The molecule has 2 nitrogen and oxygen atoms in total. The number of rotatable bonds is 2. The molecule has 0 aliphatic carbocycles. The predicted octanol–water partition coefficient (Wildman–Crippen LogP) is 3.55. The van der Waals surface area contributed by atoms with Gasteiger partial charge in [0.05, 0.1) is 5.52 Å². The third-order valence-corrected chi connectivity index (χ3v) is 3.21. The lowest BCUT2D eigenvalue weighted by Crippen LogP contribution is -2.02. The zero-order valence-electron chi connectivity index (χ0n) is 10.1. The van der Waals surface area contributed by atoms with E-state index in [1.54, 1.807) is 18.3 Å². The Hall–Kier alpha value is -2.36. The Morgan fingerprint density at radius 3 is 2.74 bits per heavy atom. The molecule has 0 bridgehead atoms. The Bertz CT molecular complexity index is 747. The molecule has 1 aromatic heterocycles. The topological polar surface area (TPSA) is 30.9 Å². The van der Waals surface area contributed by atoms with E-state index in [0.29, 0.717) is 23.2 Å². The quantitative estimate of drug-likeness (QED) is 0.700. The number of nitrogens with two attached hydrogens (primary N) is 1. The van der Waals surface area contributed by atoms with Crippen molar-refractivity contribution >= 4 is 16.6 Å². The highest BCUT2D eigenvalue weighted by molar-refractivity contribution is 5.80. The van der Waals surface area contributed by atoms with Gasteiger partial charge < -0.3 is 10.3 Å². The third-order valence-electron chi connectivity index (χ3n) is 3.21. The van der Waals surface area contributed by atoms with Crippen molar-refractivity contribution in [1.82, 2.24) is 4.57 Å². The van der Waals surface area contributed by atoms with Gasteiger partial charge in [-0.3, -0.25) is 0 Å². The second-order valence-electron chi connectivity index (χ2n) is 4.46. The van der Waals surface area contributed by atoms with E-state index in [-0.39, 0.29) is 11.6 Å². The van der Waals surface area contributed by atoms with Crippen LogP contribution in [0.4, 0.5) is 14.5 Å². The van der Waals surface area contributed by atoms with Crippen molar-refractivity contribution in [3.05, 3.63) is 65.9 Å². The van der Waals surface area contributed by atoms with Gasteiger partial charge in [0.1, 0.15) is 11.6 Å². The molecule has 0 aliphatic heterocycles. The Morgan fingerprint density at radius 2 is 1.89 bits per heavy atom. The minimum Gasteiger partial charge on any atom is -0.398 e. The average Bonchev–Trinajstić information content (AvgIpc) is 2.79. The number of benzene rings is 2. The lowest BCUT2D eigenvalue weighted by atomic mass is 10.1. The molecule has 0 atom stereocenters. The minimum absolute atomic E-state index is 0.261. The lowest BCUT2D eigenvalue weighted by molar-refractivity contribution is 0.624. The van der Waals surface area contributed by atoms with Crippen LogP contribution in [0.15, 0.2) is 48.7 Å². The van der Waals surface area contributed by atoms with Gasteiger partial charge in [-0.15, -0.1) is 0 Å². The molecule has 0 spiro atoms. The van der Waals surface area contributed by atoms with E-state index >= 15 is 0 Å². The van der Waals surface area contributed by atoms with Gasteiger partial charge in [-0.2, -0.15) is 0 Å². The molecule has 3 aromatic rings. The minimum atomic E-state index is -0.327. The molecular weight excluding hydrogens is 246 g/mol. The summed E-state index contributed by atoms with van der Waals surface area (Å²) >= 11 is 0. The van der Waals surface area contributed by atoms with E-state index in [0.717, 1.165) is 5.52 Å². The number of nitrogens with zero attached hydrogens (tertiary/aromatic N) is 1. The number of anilines is 1. The molecule has 0 aliphatic rings. The van der Waals surface area contributed by atoms with E-state index in [1.807, 2.05) is 10.6 Å². The summed E-state index contributed by atoms with van der Waals surface area (Å²) < 4.78 is 28.7. The fourth-order valence-corrected chi connectivity index (χ4v) is 2.22. The number of hydrogen-bond acceptors (Lipinski definition) is 1. The highest BCUT2D eigenvalue weighted by Gasteiger charge is 2.07. The summed E-state index contributed by atoms with van der Waals surface area (Å²) in [6.45, 7) is 0.413. The van der Waals surface area contributed by atoms with E-state index in [9.17, 15) is 8.78 Å². The Kier molecular flexibility index (Phi) is 2.71. The Labute approximate surface area is 109 Å². The van der Waals surface area contributed by atoms with Gasteiger partial charge in [-0.25, -0.2) is 8.78 Å². The van der Waals surface area contributed by atoms with Crippen molar-refractivity contribution < 1.29 is 8.78 Å². The van der Waals surface area contributed by atoms with Crippen LogP contribution in [-0.2, 0) is 6.54 Å². The summed E-state index contributed by atoms with van der Waals surface area (Å²) in [5.74, 6) is -0.588. The van der Waals surface area contributed by atoms with Crippen molar-refractivity contribution in [3.63, 3.8) is 0 Å². The number of hydrogen-bond donors (Lipinski definition) is 1. The van der Waals surface area contributed by atoms with Crippen LogP contribution >= 0.6 is 0 Å². The van der Waals surface area contributed by atoms with Crippen LogP contribution in [0.25, 0.3) is 10.9 Å². The monoisotopic (exact) mass is 258 g/mol. The first kappa shape index (κ1) is 11.7. The first-order valence-electron chi connectivity index (χ1n) is 5.92. The molecule has 0 saturated heterocycles. The maximum Gasteiger partial charge on any atom is 0.132 e. The van der Waals surface area contributed by atoms with Gasteiger partial charge in [0.2, 0.25) is 0 Å². The maximum absolute atomic E-state index is 13.6. The fraction of sp³-hybridized carbons (Fsp3) is 0.0667. The summed E-state index contributed by atoms with van der Waals surface area (Å²) in [5.41, 5.74) is 7.80. The van der Waals surface area contributed by atoms with Gasteiger partial charge in [0.25, 0.3) is 0 Å². The van der Waals surface area contributed by atoms with Crippen molar-refractivity contribution in [1.29, 1.82) is 0 Å². The van der Waals surface area contributed by atoms with Crippen LogP contribution < -0.4 is 5.73 Å². The van der Waals surface area contributed by atoms with Crippen LogP contribution in [0, 0.1) is 11.6 Å². The van der Waals surface area contributed by atoms with Crippen molar-refractivity contribution in [2.45, 2.75) is 6.54 Å². The molecular formula is C15H12F2N2. The smallest absolute Gasteiger partial charge is 0.132 e. The molecule has 2 N–H and O–H groups in total. The van der Waals surface area contributed by atoms with Crippen LogP contribution in [0.5, 0.6) is 0 Å². The third kappa shape index (κ3) is 2.05. The number of nitrogen functional groups attached to an aromatic ring is 1. The van der Waals surface area contributed by atoms with E-state index in [1.165, 1.54) is 24.3 Å². The van der Waals surface area contributed by atoms with Crippen molar-refractivity contribution in [2.24, 2.45) is 0 Å². The molecule has 3 rings (SSSR count). The van der Waals surface area contributed by atoms with Gasteiger partial charge in [0, 0.05) is 23.8 Å². The molecule has 0 fully saturated rings. The van der Waals surface area contributed by atoms with Crippen molar-refractivity contribution in [2.75, 3.05) is 5.73 Å². The molecule has 0 radical (unpaired) electrons. The van der Waals surface area contributed by atoms with Gasteiger partial charge in [0.15, 0.2) is 0 Å². The molecule has 4 heteroatoms. The zero-order chi connectivity index (χ0) is 13.4. The summed E-state index contributed by atoms with van der Waals surface area (Å²) in [4.78, 5) is 0. The second kappa shape index (κ2) is 4.39. The zero-order valence-corrected chi connectivity index (χ0v) is 10.1. The maximum atomic E-state index is 13.6. The SMILES string of the molecule is Nc1ccc(F)cc1Cn1ccc2c(F)cccc21. The lowest BCUT2D eigenvalue weighted by Gasteiger charge is -2.08. The first-order chi connectivity index (χ1) is 9.15. The van der Waals surface area contributed by atoms with Crippen molar-refractivity contribution in [3.8, 4) is 0 Å². The normalized spacial score (nSPS) is 11.1. The largest absolute Gasteiger partial charge is 0.398 e. The number of halogens is 2. The highest BCUT2D eigenvalue weighted by atomic mass is 19.1. The molecule has 2 aromatic carbocycles. The van der Waals surface area contributed by atoms with E-state index in [4.69, 9.17) is 5.73 Å². The molecule has 96 valence electrons. The molecule has 0 unspecified atom stereocenters. The number of aromatic nitrogens is 1. The predicted molar refractivity (Wildman–Crippen MR) is 71.8 cm³/mol. The summed E-state index contributed by atoms with van der Waals surface area (Å²) in [6.07, 6.45) is 1.78. The Morgan fingerprint density at radius 1 is 1.05 bits per heavy atom. The highest BCUT2D eigenvalue weighted by Crippen LogP contribution is 2.22.